The lowest BCUT2D eigenvalue weighted by atomic mass is 10.3. The van der Waals surface area contributed by atoms with Crippen LogP contribution in [0.1, 0.15) is 24.8 Å². The van der Waals surface area contributed by atoms with E-state index in [4.69, 9.17) is 11.6 Å². The maximum atomic E-state index is 11.6. The van der Waals surface area contributed by atoms with Gasteiger partial charge in [-0.1, -0.05) is 11.6 Å². The summed E-state index contributed by atoms with van der Waals surface area (Å²) in [6.45, 7) is 2.59. The van der Waals surface area contributed by atoms with E-state index in [1.54, 1.807) is 6.20 Å². The van der Waals surface area contributed by atoms with Crippen LogP contribution in [0.5, 0.6) is 0 Å². The molecule has 0 radical (unpaired) electrons. The Bertz CT molecular complexity index is 418. The molecule has 1 heterocycles. The van der Waals surface area contributed by atoms with Gasteiger partial charge in [-0.15, -0.1) is 0 Å². The highest BCUT2D eigenvalue weighted by molar-refractivity contribution is 6.30. The average Bonchev–Trinajstić information content (AvgIpc) is 3.07. The lowest BCUT2D eigenvalue weighted by Crippen LogP contribution is -2.23. The summed E-state index contributed by atoms with van der Waals surface area (Å²) in [5.74, 6) is 0.00155. The Hall–Kier alpha value is -1.13. The van der Waals surface area contributed by atoms with Gasteiger partial charge in [-0.3, -0.25) is 4.79 Å². The summed E-state index contributed by atoms with van der Waals surface area (Å²) < 4.78 is 0. The molecule has 1 fully saturated rings. The highest BCUT2D eigenvalue weighted by atomic mass is 35.5. The Kier molecular flexibility index (Phi) is 3.97. The Balaban J connectivity index is 1.77. The number of rotatable bonds is 5. The van der Waals surface area contributed by atoms with Crippen LogP contribution in [0.15, 0.2) is 12.3 Å². The number of pyridine rings is 1. The van der Waals surface area contributed by atoms with Crippen LogP contribution in [-0.2, 0) is 4.79 Å². The van der Waals surface area contributed by atoms with Gasteiger partial charge in [-0.2, -0.15) is 0 Å². The summed E-state index contributed by atoms with van der Waals surface area (Å²) in [5, 5.41) is 6.57. The lowest BCUT2D eigenvalue weighted by molar-refractivity contribution is -0.116. The third-order valence-corrected chi connectivity index (χ3v) is 3.06. The fourth-order valence-corrected chi connectivity index (χ4v) is 1.63. The summed E-state index contributed by atoms with van der Waals surface area (Å²) in [5.41, 5.74) is 1.56. The van der Waals surface area contributed by atoms with Gasteiger partial charge in [0.05, 0.1) is 11.9 Å². The number of aromatic nitrogens is 1. The molecule has 1 aliphatic carbocycles. The predicted octanol–water partition coefficient (Wildman–Crippen LogP) is 2.12. The largest absolute Gasteiger partial charge is 0.325 e. The van der Waals surface area contributed by atoms with Gasteiger partial charge in [0.15, 0.2) is 0 Å². The molecule has 92 valence electrons. The van der Waals surface area contributed by atoms with E-state index in [1.807, 2.05) is 13.0 Å². The lowest BCUT2D eigenvalue weighted by Gasteiger charge is -2.06. The Labute approximate surface area is 106 Å². The van der Waals surface area contributed by atoms with E-state index < -0.39 is 0 Å². The number of nitrogens with one attached hydrogen (secondary N) is 2. The van der Waals surface area contributed by atoms with Crippen molar-refractivity contribution in [2.45, 2.75) is 32.2 Å². The molecule has 0 aromatic carbocycles. The van der Waals surface area contributed by atoms with Gasteiger partial charge in [0, 0.05) is 19.0 Å². The van der Waals surface area contributed by atoms with Gasteiger partial charge >= 0.3 is 0 Å². The van der Waals surface area contributed by atoms with Crippen molar-refractivity contribution in [2.75, 3.05) is 11.9 Å². The maximum absolute atomic E-state index is 11.6. The minimum absolute atomic E-state index is 0.00155. The van der Waals surface area contributed by atoms with Crippen molar-refractivity contribution < 1.29 is 4.79 Å². The molecule has 1 aromatic heterocycles. The number of halogens is 1. The van der Waals surface area contributed by atoms with Crippen LogP contribution in [0.3, 0.4) is 0 Å². The zero-order chi connectivity index (χ0) is 12.3. The highest BCUT2D eigenvalue weighted by Gasteiger charge is 2.20. The number of carbonyl (C=O) groups excluding carboxylic acids is 1. The molecule has 0 bridgehead atoms. The first-order valence-corrected chi connectivity index (χ1v) is 6.18. The van der Waals surface area contributed by atoms with Crippen molar-refractivity contribution in [3.63, 3.8) is 0 Å². The second kappa shape index (κ2) is 5.47. The normalized spacial score (nSPS) is 14.7. The molecule has 0 atom stereocenters. The van der Waals surface area contributed by atoms with Crippen LogP contribution in [0.4, 0.5) is 5.69 Å². The average molecular weight is 254 g/mol. The molecule has 0 unspecified atom stereocenters. The van der Waals surface area contributed by atoms with Gasteiger partial charge in [-0.25, -0.2) is 4.98 Å². The Morgan fingerprint density at radius 3 is 3.00 bits per heavy atom. The fourth-order valence-electron chi connectivity index (χ4n) is 1.53. The molecule has 1 amide bonds. The first kappa shape index (κ1) is 12.3. The maximum Gasteiger partial charge on any atom is 0.225 e. The second-order valence-corrected chi connectivity index (χ2v) is 4.72. The van der Waals surface area contributed by atoms with Crippen LogP contribution >= 0.6 is 11.6 Å². The molecule has 1 saturated carbocycles. The Morgan fingerprint density at radius 2 is 2.35 bits per heavy atom. The zero-order valence-electron chi connectivity index (χ0n) is 9.79. The summed E-state index contributed by atoms with van der Waals surface area (Å²) in [4.78, 5) is 15.6. The summed E-state index contributed by atoms with van der Waals surface area (Å²) >= 11 is 5.81. The Morgan fingerprint density at radius 1 is 1.59 bits per heavy atom. The molecule has 1 aliphatic rings. The molecule has 0 saturated heterocycles. The smallest absolute Gasteiger partial charge is 0.225 e. The number of amides is 1. The van der Waals surface area contributed by atoms with Crippen molar-refractivity contribution in [3.05, 3.63) is 23.0 Å². The van der Waals surface area contributed by atoms with Gasteiger partial charge in [0.25, 0.3) is 0 Å². The topological polar surface area (TPSA) is 54.0 Å². The molecule has 4 nitrogen and oxygen atoms in total. The van der Waals surface area contributed by atoms with Gasteiger partial charge < -0.3 is 10.6 Å². The first-order chi connectivity index (χ1) is 8.15. The van der Waals surface area contributed by atoms with Crippen LogP contribution in [-0.4, -0.2) is 23.5 Å². The number of aryl methyl sites for hydroxylation is 1. The van der Waals surface area contributed by atoms with Crippen LogP contribution in [0.2, 0.25) is 5.15 Å². The third-order valence-electron chi connectivity index (χ3n) is 2.66. The summed E-state index contributed by atoms with van der Waals surface area (Å²) in [6, 6.07) is 2.46. The van der Waals surface area contributed by atoms with Crippen molar-refractivity contribution in [3.8, 4) is 0 Å². The molecule has 0 spiro atoms. The van der Waals surface area contributed by atoms with Crippen molar-refractivity contribution in [1.82, 2.24) is 10.3 Å². The second-order valence-electron chi connectivity index (χ2n) is 4.36. The van der Waals surface area contributed by atoms with E-state index in [9.17, 15) is 4.79 Å². The number of hydrogen-bond donors (Lipinski definition) is 2. The quantitative estimate of drug-likeness (QED) is 0.791. The summed E-state index contributed by atoms with van der Waals surface area (Å²) in [7, 11) is 0. The molecule has 1 aromatic rings. The standard InChI is InChI=1S/C12H16ClN3O/c1-8-6-10(7-15-12(8)13)16-11(17)4-5-14-9-2-3-9/h6-7,9,14H,2-5H2,1H3,(H,16,17). The van der Waals surface area contributed by atoms with Crippen LogP contribution in [0, 0.1) is 6.92 Å². The predicted molar refractivity (Wildman–Crippen MR) is 68.3 cm³/mol. The van der Waals surface area contributed by atoms with E-state index in [1.165, 1.54) is 12.8 Å². The van der Waals surface area contributed by atoms with Crippen LogP contribution < -0.4 is 10.6 Å². The van der Waals surface area contributed by atoms with Crippen LogP contribution in [0.25, 0.3) is 0 Å². The van der Waals surface area contributed by atoms with Gasteiger partial charge in [0.2, 0.25) is 5.91 Å². The van der Waals surface area contributed by atoms with Crippen molar-refractivity contribution in [1.29, 1.82) is 0 Å². The minimum atomic E-state index is 0.00155. The van der Waals surface area contributed by atoms with Crippen molar-refractivity contribution >= 4 is 23.2 Å². The highest BCUT2D eigenvalue weighted by Crippen LogP contribution is 2.18. The van der Waals surface area contributed by atoms with E-state index in [0.717, 1.165) is 12.1 Å². The molecule has 2 rings (SSSR count). The van der Waals surface area contributed by atoms with E-state index in [0.29, 0.717) is 23.3 Å². The number of anilines is 1. The zero-order valence-corrected chi connectivity index (χ0v) is 10.5. The van der Waals surface area contributed by atoms with Crippen molar-refractivity contribution in [2.24, 2.45) is 0 Å². The van der Waals surface area contributed by atoms with E-state index in [2.05, 4.69) is 15.6 Å². The van der Waals surface area contributed by atoms with Gasteiger partial charge in [-0.05, 0) is 31.4 Å². The third kappa shape index (κ3) is 3.98. The number of hydrogen-bond acceptors (Lipinski definition) is 3. The van der Waals surface area contributed by atoms with Gasteiger partial charge in [0.1, 0.15) is 5.15 Å². The minimum Gasteiger partial charge on any atom is -0.325 e. The number of nitrogens with zero attached hydrogens (tertiary/aromatic N) is 1. The monoisotopic (exact) mass is 253 g/mol. The molecular weight excluding hydrogens is 238 g/mol. The number of carbonyl (C=O) groups is 1. The van der Waals surface area contributed by atoms with E-state index in [-0.39, 0.29) is 5.91 Å². The molecule has 2 N–H and O–H groups in total. The summed E-state index contributed by atoms with van der Waals surface area (Å²) in [6.07, 6.45) is 4.53. The van der Waals surface area contributed by atoms with E-state index >= 15 is 0 Å². The SMILES string of the molecule is Cc1cc(NC(=O)CCNC2CC2)cnc1Cl. The molecule has 0 aliphatic heterocycles. The first-order valence-electron chi connectivity index (χ1n) is 5.80. The fraction of sp³-hybridized carbons (Fsp3) is 0.500. The molecule has 5 heteroatoms. The molecule has 17 heavy (non-hydrogen) atoms. The molecular formula is C12H16ClN3O.